The van der Waals surface area contributed by atoms with E-state index in [9.17, 15) is 9.59 Å². The van der Waals surface area contributed by atoms with Gasteiger partial charge in [-0.05, 0) is 25.5 Å². The number of hydrogen-bond donors (Lipinski definition) is 1. The fourth-order valence-corrected chi connectivity index (χ4v) is 2.63. The minimum Gasteiger partial charge on any atom is -0.481 e. The molecule has 0 spiro atoms. The van der Waals surface area contributed by atoms with Crippen molar-refractivity contribution in [2.24, 2.45) is 0 Å². The highest BCUT2D eigenvalue weighted by Gasteiger charge is 2.26. The van der Waals surface area contributed by atoms with Crippen molar-refractivity contribution in [1.82, 2.24) is 9.80 Å². The first-order valence-electron chi connectivity index (χ1n) is 7.92. The third-order valence-electron chi connectivity index (χ3n) is 4.07. The Labute approximate surface area is 136 Å². The SMILES string of the molecule is Cc1ccccc1O[C@@H](C)C(=O)N1CCN(CCC(=O)O)CC1. The number of aliphatic carboxylic acids is 1. The number of amides is 1. The summed E-state index contributed by atoms with van der Waals surface area (Å²) in [4.78, 5) is 26.9. The van der Waals surface area contributed by atoms with Crippen molar-refractivity contribution in [2.45, 2.75) is 26.4 Å². The normalized spacial score (nSPS) is 16.9. The van der Waals surface area contributed by atoms with Crippen molar-refractivity contribution in [3.63, 3.8) is 0 Å². The van der Waals surface area contributed by atoms with Crippen molar-refractivity contribution < 1.29 is 19.4 Å². The van der Waals surface area contributed by atoms with Crippen LogP contribution < -0.4 is 4.74 Å². The second kappa shape index (κ2) is 7.97. The van der Waals surface area contributed by atoms with E-state index in [0.717, 1.165) is 11.3 Å². The first kappa shape index (κ1) is 17.3. The Hall–Kier alpha value is -2.08. The molecule has 0 bridgehead atoms. The van der Waals surface area contributed by atoms with Crippen LogP contribution in [0.5, 0.6) is 5.75 Å². The summed E-state index contributed by atoms with van der Waals surface area (Å²) in [5.74, 6) is -0.0802. The number of rotatable bonds is 6. The number of nitrogens with zero attached hydrogens (tertiary/aromatic N) is 2. The second-order valence-corrected chi connectivity index (χ2v) is 5.84. The molecule has 1 aromatic carbocycles. The van der Waals surface area contributed by atoms with E-state index in [-0.39, 0.29) is 12.3 Å². The van der Waals surface area contributed by atoms with Crippen molar-refractivity contribution in [3.05, 3.63) is 29.8 Å². The zero-order chi connectivity index (χ0) is 16.8. The third kappa shape index (κ3) is 4.96. The van der Waals surface area contributed by atoms with Crippen LogP contribution >= 0.6 is 0 Å². The summed E-state index contributed by atoms with van der Waals surface area (Å²) in [6.45, 7) is 6.89. The van der Waals surface area contributed by atoms with Gasteiger partial charge in [0.05, 0.1) is 6.42 Å². The molecule has 0 saturated carbocycles. The van der Waals surface area contributed by atoms with E-state index in [2.05, 4.69) is 4.90 Å². The Morgan fingerprint density at radius 2 is 1.87 bits per heavy atom. The number of carbonyl (C=O) groups is 2. The molecule has 1 aliphatic rings. The molecule has 1 fully saturated rings. The molecule has 0 unspecified atom stereocenters. The fraction of sp³-hybridized carbons (Fsp3) is 0.529. The van der Waals surface area contributed by atoms with Gasteiger partial charge in [0.2, 0.25) is 0 Å². The van der Waals surface area contributed by atoms with Crippen LogP contribution in [0, 0.1) is 6.92 Å². The van der Waals surface area contributed by atoms with Crippen molar-refractivity contribution >= 4 is 11.9 Å². The molecule has 23 heavy (non-hydrogen) atoms. The lowest BCUT2D eigenvalue weighted by Crippen LogP contribution is -2.52. The van der Waals surface area contributed by atoms with Crippen LogP contribution in [-0.2, 0) is 9.59 Å². The van der Waals surface area contributed by atoms with Crippen LogP contribution in [0.25, 0.3) is 0 Å². The molecule has 6 nitrogen and oxygen atoms in total. The smallest absolute Gasteiger partial charge is 0.304 e. The van der Waals surface area contributed by atoms with Gasteiger partial charge in [-0.2, -0.15) is 0 Å². The van der Waals surface area contributed by atoms with Crippen molar-refractivity contribution in [2.75, 3.05) is 32.7 Å². The first-order chi connectivity index (χ1) is 11.0. The maximum absolute atomic E-state index is 12.5. The number of carbonyl (C=O) groups excluding carboxylic acids is 1. The number of piperazine rings is 1. The molecular weight excluding hydrogens is 296 g/mol. The number of carboxylic acid groups (broad SMARTS) is 1. The Kier molecular flexibility index (Phi) is 5.98. The molecule has 6 heteroatoms. The average Bonchev–Trinajstić information content (AvgIpc) is 2.54. The first-order valence-corrected chi connectivity index (χ1v) is 7.92. The zero-order valence-corrected chi connectivity index (χ0v) is 13.7. The highest BCUT2D eigenvalue weighted by atomic mass is 16.5. The van der Waals surface area contributed by atoms with Gasteiger partial charge in [0.25, 0.3) is 5.91 Å². The maximum atomic E-state index is 12.5. The summed E-state index contributed by atoms with van der Waals surface area (Å²) in [6.07, 6.45) is -0.387. The molecule has 1 aliphatic heterocycles. The van der Waals surface area contributed by atoms with Crippen molar-refractivity contribution in [3.8, 4) is 5.75 Å². The topological polar surface area (TPSA) is 70.1 Å². The van der Waals surface area contributed by atoms with Gasteiger partial charge in [-0.1, -0.05) is 18.2 Å². The van der Waals surface area contributed by atoms with E-state index in [1.54, 1.807) is 11.8 Å². The standard InChI is InChI=1S/C17H24N2O4/c1-13-5-3-4-6-15(13)23-14(2)17(22)19-11-9-18(10-12-19)8-7-16(20)21/h3-6,14H,7-12H2,1-2H3,(H,20,21)/t14-/m0/s1. The minimum atomic E-state index is -0.788. The summed E-state index contributed by atoms with van der Waals surface area (Å²) >= 11 is 0. The lowest BCUT2D eigenvalue weighted by molar-refractivity contribution is -0.141. The molecule has 0 radical (unpaired) electrons. The highest BCUT2D eigenvalue weighted by Crippen LogP contribution is 2.18. The van der Waals surface area contributed by atoms with Gasteiger partial charge in [-0.3, -0.25) is 14.5 Å². The van der Waals surface area contributed by atoms with Gasteiger partial charge in [-0.15, -0.1) is 0 Å². The molecule has 1 saturated heterocycles. The molecule has 0 aromatic heterocycles. The van der Waals surface area contributed by atoms with Gasteiger partial charge in [0.15, 0.2) is 6.10 Å². The van der Waals surface area contributed by atoms with E-state index in [1.807, 2.05) is 31.2 Å². The van der Waals surface area contributed by atoms with Crippen LogP contribution in [-0.4, -0.2) is 65.6 Å². The molecule has 1 atom stereocenters. The molecule has 0 aliphatic carbocycles. The monoisotopic (exact) mass is 320 g/mol. The van der Waals surface area contributed by atoms with Crippen LogP contribution in [0.2, 0.25) is 0 Å². The van der Waals surface area contributed by atoms with Gasteiger partial charge in [0, 0.05) is 32.7 Å². The summed E-state index contributed by atoms with van der Waals surface area (Å²) in [6, 6.07) is 7.64. The minimum absolute atomic E-state index is 0.0221. The van der Waals surface area contributed by atoms with Crippen LogP contribution in [0.4, 0.5) is 0 Å². The van der Waals surface area contributed by atoms with Gasteiger partial charge < -0.3 is 14.7 Å². The van der Waals surface area contributed by atoms with Gasteiger partial charge in [0.1, 0.15) is 5.75 Å². The highest BCUT2D eigenvalue weighted by molar-refractivity contribution is 5.81. The number of ether oxygens (including phenoxy) is 1. The number of benzene rings is 1. The van der Waals surface area contributed by atoms with Gasteiger partial charge in [-0.25, -0.2) is 0 Å². The van der Waals surface area contributed by atoms with Gasteiger partial charge >= 0.3 is 5.97 Å². The van der Waals surface area contributed by atoms with Crippen LogP contribution in [0.15, 0.2) is 24.3 Å². The summed E-state index contributed by atoms with van der Waals surface area (Å²) in [5, 5.41) is 8.71. The number of aryl methyl sites for hydroxylation is 1. The largest absolute Gasteiger partial charge is 0.481 e. The Bertz CT molecular complexity index is 553. The van der Waals surface area contributed by atoms with E-state index in [4.69, 9.17) is 9.84 Å². The van der Waals surface area contributed by atoms with E-state index >= 15 is 0 Å². The zero-order valence-electron chi connectivity index (χ0n) is 13.7. The lowest BCUT2D eigenvalue weighted by Gasteiger charge is -2.35. The summed E-state index contributed by atoms with van der Waals surface area (Å²) < 4.78 is 5.78. The Morgan fingerprint density at radius 3 is 2.48 bits per heavy atom. The molecule has 2 rings (SSSR count). The quantitative estimate of drug-likeness (QED) is 0.857. The van der Waals surface area contributed by atoms with E-state index in [0.29, 0.717) is 32.7 Å². The van der Waals surface area contributed by atoms with E-state index < -0.39 is 12.1 Å². The van der Waals surface area contributed by atoms with Crippen LogP contribution in [0.1, 0.15) is 18.9 Å². The second-order valence-electron chi connectivity index (χ2n) is 5.84. The predicted octanol–water partition coefficient (Wildman–Crippen LogP) is 1.38. The number of para-hydroxylation sites is 1. The molecular formula is C17H24N2O4. The molecule has 1 aromatic rings. The number of carboxylic acids is 1. The van der Waals surface area contributed by atoms with Crippen molar-refractivity contribution in [1.29, 1.82) is 0 Å². The number of hydrogen-bond acceptors (Lipinski definition) is 4. The third-order valence-corrected chi connectivity index (χ3v) is 4.07. The molecule has 126 valence electrons. The van der Waals surface area contributed by atoms with Crippen LogP contribution in [0.3, 0.4) is 0 Å². The average molecular weight is 320 g/mol. The summed E-state index contributed by atoms with van der Waals surface area (Å²) in [7, 11) is 0. The predicted molar refractivity (Wildman–Crippen MR) is 86.5 cm³/mol. The molecule has 1 N–H and O–H groups in total. The molecule has 1 heterocycles. The molecule has 1 amide bonds. The lowest BCUT2D eigenvalue weighted by atomic mass is 10.2. The Morgan fingerprint density at radius 1 is 1.22 bits per heavy atom. The maximum Gasteiger partial charge on any atom is 0.304 e. The fourth-order valence-electron chi connectivity index (χ4n) is 2.63. The summed E-state index contributed by atoms with van der Waals surface area (Å²) in [5.41, 5.74) is 1.01. The Balaban J connectivity index is 1.82. The van der Waals surface area contributed by atoms with E-state index in [1.165, 1.54) is 0 Å².